The molecule has 18 heavy (non-hydrogen) atoms. The van der Waals surface area contributed by atoms with Gasteiger partial charge < -0.3 is 14.8 Å². The molecule has 2 rings (SSSR count). The second kappa shape index (κ2) is 6.25. The van der Waals surface area contributed by atoms with Gasteiger partial charge >= 0.3 is 0 Å². The lowest BCUT2D eigenvalue weighted by Crippen LogP contribution is -2.44. The number of amides is 1. The molecule has 1 aliphatic heterocycles. The van der Waals surface area contributed by atoms with Gasteiger partial charge in [0.2, 0.25) is 0 Å². The van der Waals surface area contributed by atoms with E-state index >= 15 is 0 Å². The summed E-state index contributed by atoms with van der Waals surface area (Å²) in [5, 5.41) is 3.32. The number of hydrogen-bond acceptors (Lipinski definition) is 2. The topological polar surface area (TPSA) is 37.3 Å². The predicted octanol–water partition coefficient (Wildman–Crippen LogP) is 1.58. The summed E-state index contributed by atoms with van der Waals surface area (Å²) >= 11 is 0. The standard InChI is InChI=1S/C13H21N3O.ClH/c1-10-4-5-12(15(10)2)13(17)16(3)11-6-8-14-9-7-11;/h4-5,11,14H,6-9H2,1-3H3;1H. The van der Waals surface area contributed by atoms with Gasteiger partial charge in [-0.05, 0) is 45.0 Å². The Morgan fingerprint density at radius 2 is 2.00 bits per heavy atom. The minimum atomic E-state index is 0. The van der Waals surface area contributed by atoms with Crippen molar-refractivity contribution in [3.63, 3.8) is 0 Å². The monoisotopic (exact) mass is 271 g/mol. The maximum absolute atomic E-state index is 12.4. The number of aryl methyl sites for hydroxylation is 1. The molecule has 0 atom stereocenters. The van der Waals surface area contributed by atoms with E-state index in [0.29, 0.717) is 6.04 Å². The number of nitrogens with one attached hydrogen (secondary N) is 1. The number of hydrogen-bond donors (Lipinski definition) is 1. The van der Waals surface area contributed by atoms with Crippen molar-refractivity contribution in [3.8, 4) is 0 Å². The number of nitrogens with zero attached hydrogens (tertiary/aromatic N) is 2. The van der Waals surface area contributed by atoms with Crippen molar-refractivity contribution >= 4 is 18.3 Å². The van der Waals surface area contributed by atoms with Crippen LogP contribution in [0.2, 0.25) is 0 Å². The highest BCUT2D eigenvalue weighted by atomic mass is 35.5. The van der Waals surface area contributed by atoms with Crippen LogP contribution >= 0.6 is 12.4 Å². The van der Waals surface area contributed by atoms with E-state index in [9.17, 15) is 4.79 Å². The fourth-order valence-corrected chi connectivity index (χ4v) is 2.37. The van der Waals surface area contributed by atoms with Crippen LogP contribution in [0, 0.1) is 6.92 Å². The summed E-state index contributed by atoms with van der Waals surface area (Å²) in [5.41, 5.74) is 1.90. The Hall–Kier alpha value is -1.00. The summed E-state index contributed by atoms with van der Waals surface area (Å²) < 4.78 is 1.96. The first-order chi connectivity index (χ1) is 8.11. The van der Waals surface area contributed by atoms with Gasteiger partial charge in [0.1, 0.15) is 5.69 Å². The van der Waals surface area contributed by atoms with Crippen molar-refractivity contribution in [2.75, 3.05) is 20.1 Å². The van der Waals surface area contributed by atoms with Gasteiger partial charge in [-0.25, -0.2) is 0 Å². The van der Waals surface area contributed by atoms with Crippen molar-refractivity contribution in [2.24, 2.45) is 7.05 Å². The highest BCUT2D eigenvalue weighted by Gasteiger charge is 2.24. The number of halogens is 1. The average molecular weight is 272 g/mol. The lowest BCUT2D eigenvalue weighted by molar-refractivity contribution is 0.0693. The first kappa shape index (κ1) is 15.1. The second-order valence-corrected chi connectivity index (χ2v) is 4.82. The Balaban J connectivity index is 0.00000162. The van der Waals surface area contributed by atoms with Gasteiger partial charge in [-0.3, -0.25) is 4.79 Å². The third kappa shape index (κ3) is 2.87. The van der Waals surface area contributed by atoms with Gasteiger partial charge in [0, 0.05) is 25.8 Å². The summed E-state index contributed by atoms with van der Waals surface area (Å²) in [6, 6.07) is 4.28. The van der Waals surface area contributed by atoms with E-state index in [0.717, 1.165) is 37.3 Å². The number of carbonyl (C=O) groups is 1. The van der Waals surface area contributed by atoms with E-state index < -0.39 is 0 Å². The molecule has 2 heterocycles. The fourth-order valence-electron chi connectivity index (χ4n) is 2.37. The summed E-state index contributed by atoms with van der Waals surface area (Å²) in [6.45, 7) is 4.03. The molecular formula is C13H22ClN3O. The van der Waals surface area contributed by atoms with Crippen LogP contribution in [-0.2, 0) is 7.05 Å². The molecule has 0 bridgehead atoms. The van der Waals surface area contributed by atoms with Gasteiger partial charge in [0.25, 0.3) is 5.91 Å². The SMILES string of the molecule is Cc1ccc(C(=O)N(C)C2CCNCC2)n1C.Cl. The Bertz CT molecular complexity index is 410. The van der Waals surface area contributed by atoms with Crippen molar-refractivity contribution < 1.29 is 4.79 Å². The Kier molecular flexibility index (Phi) is 5.23. The first-order valence-corrected chi connectivity index (χ1v) is 6.21. The zero-order chi connectivity index (χ0) is 12.4. The molecule has 1 fully saturated rings. The molecule has 0 saturated carbocycles. The van der Waals surface area contributed by atoms with Crippen LogP contribution in [0.15, 0.2) is 12.1 Å². The minimum Gasteiger partial charge on any atom is -0.344 e. The maximum atomic E-state index is 12.4. The van der Waals surface area contributed by atoms with Crippen molar-refractivity contribution in [3.05, 3.63) is 23.5 Å². The van der Waals surface area contributed by atoms with E-state index in [4.69, 9.17) is 0 Å². The van der Waals surface area contributed by atoms with Gasteiger partial charge in [0.05, 0.1) is 0 Å². The molecule has 1 amide bonds. The summed E-state index contributed by atoms with van der Waals surface area (Å²) in [4.78, 5) is 14.3. The van der Waals surface area contributed by atoms with Gasteiger partial charge in [-0.15, -0.1) is 12.4 Å². The summed E-state index contributed by atoms with van der Waals surface area (Å²) in [7, 11) is 3.86. The fraction of sp³-hybridized carbons (Fsp3) is 0.615. The molecule has 0 radical (unpaired) electrons. The minimum absolute atomic E-state index is 0. The summed E-state index contributed by atoms with van der Waals surface area (Å²) in [5.74, 6) is 0.132. The first-order valence-electron chi connectivity index (χ1n) is 6.21. The van der Waals surface area contributed by atoms with E-state index in [1.54, 1.807) is 0 Å². The molecule has 0 aromatic carbocycles. The van der Waals surface area contributed by atoms with Gasteiger partial charge in [-0.2, -0.15) is 0 Å². The van der Waals surface area contributed by atoms with Crippen LogP contribution in [0.5, 0.6) is 0 Å². The number of piperidine rings is 1. The lowest BCUT2D eigenvalue weighted by atomic mass is 10.1. The van der Waals surface area contributed by atoms with E-state index in [2.05, 4.69) is 5.32 Å². The van der Waals surface area contributed by atoms with Crippen LogP contribution in [0.3, 0.4) is 0 Å². The highest BCUT2D eigenvalue weighted by Crippen LogP contribution is 2.15. The van der Waals surface area contributed by atoms with Crippen molar-refractivity contribution in [1.29, 1.82) is 0 Å². The average Bonchev–Trinajstić information content (AvgIpc) is 2.69. The molecule has 1 aromatic heterocycles. The molecule has 1 saturated heterocycles. The zero-order valence-corrected chi connectivity index (χ0v) is 12.1. The number of aromatic nitrogens is 1. The van der Waals surface area contributed by atoms with E-state index in [1.165, 1.54) is 0 Å². The molecule has 1 N–H and O–H groups in total. The van der Waals surface area contributed by atoms with Crippen LogP contribution in [0.25, 0.3) is 0 Å². The van der Waals surface area contributed by atoms with E-state index in [-0.39, 0.29) is 18.3 Å². The molecule has 5 heteroatoms. The largest absolute Gasteiger partial charge is 0.344 e. The van der Waals surface area contributed by atoms with Crippen LogP contribution in [0.4, 0.5) is 0 Å². The quantitative estimate of drug-likeness (QED) is 0.887. The Morgan fingerprint density at radius 3 is 2.50 bits per heavy atom. The summed E-state index contributed by atoms with van der Waals surface area (Å²) in [6.07, 6.45) is 2.09. The molecular weight excluding hydrogens is 250 g/mol. The van der Waals surface area contributed by atoms with Crippen LogP contribution < -0.4 is 5.32 Å². The lowest BCUT2D eigenvalue weighted by Gasteiger charge is -2.31. The third-order valence-corrected chi connectivity index (χ3v) is 3.77. The number of carbonyl (C=O) groups excluding carboxylic acids is 1. The molecule has 0 aliphatic carbocycles. The predicted molar refractivity (Wildman–Crippen MR) is 75.4 cm³/mol. The molecule has 102 valence electrons. The maximum Gasteiger partial charge on any atom is 0.270 e. The van der Waals surface area contributed by atoms with Crippen LogP contribution in [-0.4, -0.2) is 41.6 Å². The Labute approximate surface area is 115 Å². The molecule has 1 aromatic rings. The van der Waals surface area contributed by atoms with Gasteiger partial charge in [0.15, 0.2) is 0 Å². The van der Waals surface area contributed by atoms with Crippen LogP contribution in [0.1, 0.15) is 29.0 Å². The normalized spacial score (nSPS) is 16.2. The highest BCUT2D eigenvalue weighted by molar-refractivity contribution is 5.93. The molecule has 0 spiro atoms. The second-order valence-electron chi connectivity index (χ2n) is 4.82. The zero-order valence-electron chi connectivity index (χ0n) is 11.3. The molecule has 0 unspecified atom stereocenters. The molecule has 4 nitrogen and oxygen atoms in total. The van der Waals surface area contributed by atoms with Crippen molar-refractivity contribution in [1.82, 2.24) is 14.8 Å². The Morgan fingerprint density at radius 1 is 1.39 bits per heavy atom. The van der Waals surface area contributed by atoms with Crippen molar-refractivity contribution in [2.45, 2.75) is 25.8 Å². The van der Waals surface area contributed by atoms with Gasteiger partial charge in [-0.1, -0.05) is 0 Å². The van der Waals surface area contributed by atoms with E-state index in [1.807, 2.05) is 42.6 Å². The molecule has 1 aliphatic rings. The third-order valence-electron chi connectivity index (χ3n) is 3.77. The number of rotatable bonds is 2. The smallest absolute Gasteiger partial charge is 0.270 e.